The highest BCUT2D eigenvalue weighted by Crippen LogP contribution is 2.47. The number of nitrogens with zero attached hydrogens (tertiary/aromatic N) is 2. The van der Waals surface area contributed by atoms with Gasteiger partial charge in [0.05, 0.1) is 0 Å². The maximum atomic E-state index is 12.2. The van der Waals surface area contributed by atoms with Crippen LogP contribution in [0.4, 0.5) is 10.5 Å². The molecule has 3 rings (SSSR count). The Morgan fingerprint density at radius 1 is 1.47 bits per heavy atom. The van der Waals surface area contributed by atoms with Gasteiger partial charge in [-0.25, -0.2) is 9.78 Å². The molecule has 100 valence electrons. The van der Waals surface area contributed by atoms with Crippen LogP contribution in [-0.4, -0.2) is 39.1 Å². The van der Waals surface area contributed by atoms with Gasteiger partial charge in [0.2, 0.25) is 5.91 Å². The highest BCUT2D eigenvalue weighted by molar-refractivity contribution is 9.10. The zero-order valence-electron chi connectivity index (χ0n) is 9.91. The van der Waals surface area contributed by atoms with E-state index in [1.54, 1.807) is 18.3 Å². The third kappa shape index (κ3) is 2.30. The summed E-state index contributed by atoms with van der Waals surface area (Å²) in [6.07, 6.45) is 2.06. The topological polar surface area (TPSA) is 82.5 Å². The fraction of sp³-hybridized carbons (Fsp3) is 0.417. The first-order chi connectivity index (χ1) is 9.06. The number of carboxylic acid groups (broad SMARTS) is 1. The van der Waals surface area contributed by atoms with E-state index < -0.39 is 12.1 Å². The summed E-state index contributed by atoms with van der Waals surface area (Å²) < 4.78 is 0.620. The summed E-state index contributed by atoms with van der Waals surface area (Å²) in [5.74, 6) is 0.0868. The Morgan fingerprint density at radius 2 is 2.26 bits per heavy atom. The summed E-state index contributed by atoms with van der Waals surface area (Å²) in [4.78, 5) is 28.6. The van der Waals surface area contributed by atoms with Crippen molar-refractivity contribution < 1.29 is 14.7 Å². The Hall–Kier alpha value is -1.63. The summed E-state index contributed by atoms with van der Waals surface area (Å²) in [7, 11) is 0. The van der Waals surface area contributed by atoms with E-state index in [1.807, 2.05) is 0 Å². The summed E-state index contributed by atoms with van der Waals surface area (Å²) in [5.41, 5.74) is 0.609. The predicted octanol–water partition coefficient (Wildman–Crippen LogP) is 1.92. The van der Waals surface area contributed by atoms with E-state index in [0.717, 1.165) is 6.42 Å². The highest BCUT2D eigenvalue weighted by atomic mass is 79.9. The number of carbonyl (C=O) groups excluding carboxylic acids is 1. The zero-order chi connectivity index (χ0) is 13.6. The Balaban J connectivity index is 1.72. The molecule has 2 amide bonds. The lowest BCUT2D eigenvalue weighted by Gasteiger charge is -2.23. The maximum Gasteiger partial charge on any atom is 0.408 e. The molecule has 0 spiro atoms. The number of likely N-dealkylation sites (tertiary alicyclic amines) is 1. The third-order valence-electron chi connectivity index (χ3n) is 3.62. The van der Waals surface area contributed by atoms with Crippen molar-refractivity contribution in [2.45, 2.75) is 24.9 Å². The third-order valence-corrected chi connectivity index (χ3v) is 4.06. The van der Waals surface area contributed by atoms with Crippen molar-refractivity contribution in [1.82, 2.24) is 9.88 Å². The Bertz CT molecular complexity index is 551. The minimum Gasteiger partial charge on any atom is -0.465 e. The summed E-state index contributed by atoms with van der Waals surface area (Å²) in [6, 6.07) is 2.81. The van der Waals surface area contributed by atoms with Crippen LogP contribution in [0.5, 0.6) is 0 Å². The normalized spacial score (nSPS) is 27.8. The number of aromatic nitrogens is 1. The van der Waals surface area contributed by atoms with Crippen LogP contribution in [0.2, 0.25) is 0 Å². The molecule has 1 saturated carbocycles. The molecule has 2 heterocycles. The number of nitrogens with one attached hydrogen (secondary N) is 1. The van der Waals surface area contributed by atoms with E-state index in [0.29, 0.717) is 22.6 Å². The molecule has 6 nitrogen and oxygen atoms in total. The van der Waals surface area contributed by atoms with Crippen LogP contribution >= 0.6 is 15.9 Å². The van der Waals surface area contributed by atoms with Gasteiger partial charge in [-0.3, -0.25) is 9.69 Å². The van der Waals surface area contributed by atoms with E-state index in [1.165, 1.54) is 4.90 Å². The van der Waals surface area contributed by atoms with Crippen LogP contribution in [0.3, 0.4) is 0 Å². The SMILES string of the molecule is O=C(Nc1ccnc(Br)c1)C1CC2CC2N1C(=O)O. The second kappa shape index (κ2) is 4.48. The number of hydrogen-bond acceptors (Lipinski definition) is 3. The van der Waals surface area contributed by atoms with E-state index in [-0.39, 0.29) is 11.9 Å². The first-order valence-electron chi connectivity index (χ1n) is 6.00. The first-order valence-corrected chi connectivity index (χ1v) is 6.79. The number of anilines is 1. The molecule has 1 aromatic rings. The molecular weight excluding hydrogens is 314 g/mol. The second-order valence-electron chi connectivity index (χ2n) is 4.86. The molecule has 0 radical (unpaired) electrons. The maximum absolute atomic E-state index is 12.2. The van der Waals surface area contributed by atoms with Gasteiger partial charge in [-0.1, -0.05) is 0 Å². The summed E-state index contributed by atoms with van der Waals surface area (Å²) in [5, 5.41) is 11.9. The number of halogens is 1. The number of hydrogen-bond donors (Lipinski definition) is 2. The van der Waals surface area contributed by atoms with Gasteiger partial charge in [0.15, 0.2) is 0 Å². The lowest BCUT2D eigenvalue weighted by Crippen LogP contribution is -2.44. The lowest BCUT2D eigenvalue weighted by atomic mass is 10.1. The molecule has 0 aromatic carbocycles. The molecule has 1 aromatic heterocycles. The van der Waals surface area contributed by atoms with Crippen molar-refractivity contribution in [1.29, 1.82) is 0 Å². The molecule has 19 heavy (non-hydrogen) atoms. The van der Waals surface area contributed by atoms with Crippen LogP contribution in [0.1, 0.15) is 12.8 Å². The molecule has 0 bridgehead atoms. The number of rotatable bonds is 2. The monoisotopic (exact) mass is 325 g/mol. The van der Waals surface area contributed by atoms with Crippen molar-refractivity contribution in [3.05, 3.63) is 22.9 Å². The van der Waals surface area contributed by atoms with Crippen molar-refractivity contribution in [2.24, 2.45) is 5.92 Å². The Labute approximate surface area is 117 Å². The van der Waals surface area contributed by atoms with Gasteiger partial charge in [-0.2, -0.15) is 0 Å². The van der Waals surface area contributed by atoms with Gasteiger partial charge in [0.25, 0.3) is 0 Å². The van der Waals surface area contributed by atoms with Crippen molar-refractivity contribution in [3.63, 3.8) is 0 Å². The first kappa shape index (κ1) is 12.4. The van der Waals surface area contributed by atoms with Crippen LogP contribution in [-0.2, 0) is 4.79 Å². The predicted molar refractivity (Wildman–Crippen MR) is 70.7 cm³/mol. The largest absolute Gasteiger partial charge is 0.465 e. The average Bonchev–Trinajstić information content (AvgIpc) is 2.99. The van der Waals surface area contributed by atoms with Crippen LogP contribution < -0.4 is 5.32 Å². The number of pyridine rings is 1. The zero-order valence-corrected chi connectivity index (χ0v) is 11.5. The van der Waals surface area contributed by atoms with Gasteiger partial charge in [-0.05, 0) is 46.8 Å². The van der Waals surface area contributed by atoms with Crippen LogP contribution in [0.15, 0.2) is 22.9 Å². The molecule has 1 aliphatic heterocycles. The Morgan fingerprint density at radius 3 is 2.95 bits per heavy atom. The fourth-order valence-electron chi connectivity index (χ4n) is 2.67. The quantitative estimate of drug-likeness (QED) is 0.814. The molecule has 3 unspecified atom stereocenters. The average molecular weight is 326 g/mol. The molecule has 7 heteroatoms. The minimum atomic E-state index is -1.01. The number of piperidine rings is 1. The summed E-state index contributed by atoms with van der Waals surface area (Å²) in [6.45, 7) is 0. The second-order valence-corrected chi connectivity index (χ2v) is 5.67. The molecule has 3 atom stereocenters. The van der Waals surface area contributed by atoms with E-state index in [4.69, 9.17) is 5.11 Å². The van der Waals surface area contributed by atoms with Crippen molar-refractivity contribution in [3.8, 4) is 0 Å². The van der Waals surface area contributed by atoms with Gasteiger partial charge in [0.1, 0.15) is 10.6 Å². The standard InChI is InChI=1S/C12H12BrN3O3/c13-10-5-7(1-2-14-10)15-11(17)9-4-6-3-8(6)16(9)12(18)19/h1-2,5-6,8-9H,3-4H2,(H,18,19)(H,14,15,17). The van der Waals surface area contributed by atoms with Crippen LogP contribution in [0.25, 0.3) is 0 Å². The number of amides is 2. The molecule has 2 aliphatic rings. The smallest absolute Gasteiger partial charge is 0.408 e. The van der Waals surface area contributed by atoms with Crippen molar-refractivity contribution >= 4 is 33.6 Å². The number of carbonyl (C=O) groups is 2. The molecular formula is C12H12BrN3O3. The minimum absolute atomic E-state index is 0.0393. The molecule has 1 saturated heterocycles. The van der Waals surface area contributed by atoms with Crippen LogP contribution in [0, 0.1) is 5.92 Å². The summed E-state index contributed by atoms with van der Waals surface area (Å²) >= 11 is 3.22. The van der Waals surface area contributed by atoms with Gasteiger partial charge in [-0.15, -0.1) is 0 Å². The van der Waals surface area contributed by atoms with E-state index in [9.17, 15) is 9.59 Å². The molecule has 2 fully saturated rings. The Kier molecular flexibility index (Phi) is 2.93. The molecule has 1 aliphatic carbocycles. The van der Waals surface area contributed by atoms with Gasteiger partial charge >= 0.3 is 6.09 Å². The van der Waals surface area contributed by atoms with Crippen molar-refractivity contribution in [2.75, 3.05) is 5.32 Å². The fourth-order valence-corrected chi connectivity index (χ4v) is 3.04. The van der Waals surface area contributed by atoms with E-state index in [2.05, 4.69) is 26.2 Å². The number of fused-ring (bicyclic) bond motifs is 1. The highest BCUT2D eigenvalue weighted by Gasteiger charge is 2.56. The van der Waals surface area contributed by atoms with Gasteiger partial charge in [0, 0.05) is 17.9 Å². The lowest BCUT2D eigenvalue weighted by molar-refractivity contribution is -0.120. The molecule has 2 N–H and O–H groups in total. The van der Waals surface area contributed by atoms with Gasteiger partial charge < -0.3 is 10.4 Å². The van der Waals surface area contributed by atoms with E-state index >= 15 is 0 Å².